The number of carboxylic acid groups (broad SMARTS) is 1. The molecule has 2 aliphatic rings. The van der Waals surface area contributed by atoms with Gasteiger partial charge in [0.2, 0.25) is 5.01 Å². The molecule has 6 nitrogen and oxygen atoms in total. The van der Waals surface area contributed by atoms with Crippen molar-refractivity contribution in [1.29, 1.82) is 0 Å². The molecule has 1 aliphatic carbocycles. The van der Waals surface area contributed by atoms with Gasteiger partial charge >= 0.3 is 5.97 Å². The molecule has 0 fully saturated rings. The molecule has 1 heterocycles. The number of alkyl halides is 1. The second kappa shape index (κ2) is 6.16. The summed E-state index contributed by atoms with van der Waals surface area (Å²) in [7, 11) is 0. The maximum Gasteiger partial charge on any atom is 0.356 e. The maximum atomic E-state index is 12.4. The topological polar surface area (TPSA) is 83.9 Å². The Hall–Kier alpha value is -2.15. The Kier molecular flexibility index (Phi) is 4.21. The minimum atomic E-state index is -1.16. The Morgan fingerprint density at radius 2 is 1.61 bits per heavy atom. The van der Waals surface area contributed by atoms with E-state index >= 15 is 0 Å². The molecule has 7 heteroatoms. The number of benzene rings is 1. The van der Waals surface area contributed by atoms with E-state index in [1.165, 1.54) is 17.0 Å². The lowest BCUT2D eigenvalue weighted by molar-refractivity contribution is -0.140. The van der Waals surface area contributed by atoms with Gasteiger partial charge in [0.15, 0.2) is 0 Å². The molecule has 1 atom stereocenters. The van der Waals surface area contributed by atoms with E-state index in [1.54, 1.807) is 12.1 Å². The first-order valence-corrected chi connectivity index (χ1v) is 8.15. The summed E-state index contributed by atoms with van der Waals surface area (Å²) >= 11 is 2.88. The van der Waals surface area contributed by atoms with Crippen LogP contribution in [0.4, 0.5) is 5.69 Å². The molecular weight excluding hydrogens is 366 g/mol. The van der Waals surface area contributed by atoms with Crippen LogP contribution >= 0.6 is 15.9 Å². The van der Waals surface area contributed by atoms with Crippen molar-refractivity contribution in [2.75, 3.05) is 4.90 Å². The van der Waals surface area contributed by atoms with Crippen LogP contribution in [0.25, 0.3) is 0 Å². The highest BCUT2D eigenvalue weighted by atomic mass is 79.9. The van der Waals surface area contributed by atoms with E-state index in [-0.39, 0.29) is 11.8 Å². The summed E-state index contributed by atoms with van der Waals surface area (Å²) in [6, 6.07) is 6.21. The van der Waals surface area contributed by atoms with Crippen molar-refractivity contribution in [3.05, 3.63) is 35.4 Å². The highest BCUT2D eigenvalue weighted by Gasteiger charge is 2.39. The van der Waals surface area contributed by atoms with Crippen LogP contribution in [0.15, 0.2) is 35.4 Å². The van der Waals surface area contributed by atoms with Gasteiger partial charge in [-0.2, -0.15) is 0 Å². The Bertz CT molecular complexity index is 682. The van der Waals surface area contributed by atoms with Crippen molar-refractivity contribution in [2.45, 2.75) is 30.7 Å². The Labute approximate surface area is 140 Å². The molecule has 0 spiro atoms. The molecule has 0 saturated carbocycles. The molecule has 1 aromatic carbocycles. The molecule has 3 rings (SSSR count). The van der Waals surface area contributed by atoms with E-state index in [0.717, 1.165) is 12.8 Å². The Morgan fingerprint density at radius 1 is 1.09 bits per heavy atom. The quantitative estimate of drug-likeness (QED) is 0.641. The van der Waals surface area contributed by atoms with E-state index < -0.39 is 11.0 Å². The molecule has 0 bridgehead atoms. The van der Waals surface area contributed by atoms with Crippen molar-refractivity contribution in [2.24, 2.45) is 0 Å². The number of rotatable bonds is 4. The molecule has 1 aromatic rings. The number of amides is 2. The lowest BCUT2D eigenvalue weighted by atomic mass is 9.93. The normalized spacial score (nSPS) is 18.9. The highest BCUT2D eigenvalue weighted by molar-refractivity contribution is 9.09. The fourth-order valence-corrected chi connectivity index (χ4v) is 3.03. The number of nitrogens with zero attached hydrogens (tertiary/aromatic N) is 1. The van der Waals surface area contributed by atoms with Gasteiger partial charge in [-0.3, -0.25) is 9.59 Å². The molecule has 1 N–H and O–H groups in total. The van der Waals surface area contributed by atoms with Crippen LogP contribution in [-0.4, -0.2) is 27.9 Å². The first-order chi connectivity index (χ1) is 11.0. The van der Waals surface area contributed by atoms with Crippen LogP contribution in [0.3, 0.4) is 0 Å². The Morgan fingerprint density at radius 3 is 2.09 bits per heavy atom. The predicted octanol–water partition coefficient (Wildman–Crippen LogP) is 2.61. The number of hydrogen-bond donors (Lipinski definition) is 1. The summed E-state index contributed by atoms with van der Waals surface area (Å²) in [6.07, 6.45) is 3.17. The molecule has 120 valence electrons. The summed E-state index contributed by atoms with van der Waals surface area (Å²) in [4.78, 5) is 36.8. The number of anilines is 1. The molecule has 0 radical (unpaired) electrons. The molecule has 2 amide bonds. The van der Waals surface area contributed by atoms with Gasteiger partial charge in [0, 0.05) is 11.1 Å². The average Bonchev–Trinajstić information content (AvgIpc) is 2.80. The number of hydrogen-bond acceptors (Lipinski definition) is 4. The van der Waals surface area contributed by atoms with Gasteiger partial charge in [-0.05, 0) is 65.9 Å². The van der Waals surface area contributed by atoms with E-state index in [4.69, 9.17) is 9.84 Å². The number of halogens is 1. The number of carboxylic acids is 1. The first kappa shape index (κ1) is 15.7. The summed E-state index contributed by atoms with van der Waals surface area (Å²) < 4.78 is 5.16. The number of carbonyl (C=O) groups excluding carboxylic acids is 2. The van der Waals surface area contributed by atoms with Gasteiger partial charge in [-0.15, -0.1) is 0 Å². The molecular formula is C16H14BrNO5. The number of carbonyl (C=O) groups is 3. The molecule has 23 heavy (non-hydrogen) atoms. The third-order valence-corrected chi connectivity index (χ3v) is 4.50. The third-order valence-electron chi connectivity index (χ3n) is 3.92. The highest BCUT2D eigenvalue weighted by Crippen LogP contribution is 2.36. The monoisotopic (exact) mass is 379 g/mol. The molecule has 1 unspecified atom stereocenters. The second-order valence-corrected chi connectivity index (χ2v) is 6.21. The van der Waals surface area contributed by atoms with Crippen molar-refractivity contribution < 1.29 is 24.2 Å². The smallest absolute Gasteiger partial charge is 0.356 e. The second-order valence-electron chi connectivity index (χ2n) is 5.38. The van der Waals surface area contributed by atoms with Crippen LogP contribution in [0.1, 0.15) is 25.7 Å². The summed E-state index contributed by atoms with van der Waals surface area (Å²) in [5.74, 6) is -1.31. The largest absolute Gasteiger partial charge is 0.478 e. The number of ether oxygens (including phenoxy) is 1. The number of imide groups is 1. The molecule has 0 saturated heterocycles. The number of aliphatic carboxylic acids is 1. The first-order valence-electron chi connectivity index (χ1n) is 7.23. The summed E-state index contributed by atoms with van der Waals surface area (Å²) in [5.41, 5.74) is 1.73. The van der Waals surface area contributed by atoms with Crippen LogP contribution in [0.2, 0.25) is 0 Å². The van der Waals surface area contributed by atoms with Crippen LogP contribution < -0.4 is 9.64 Å². The lowest BCUT2D eigenvalue weighted by Gasteiger charge is -2.16. The fraction of sp³-hybridized carbons (Fsp3) is 0.312. The van der Waals surface area contributed by atoms with Gasteiger partial charge < -0.3 is 9.84 Å². The minimum absolute atomic E-state index is 0.248. The Balaban J connectivity index is 1.79. The van der Waals surface area contributed by atoms with E-state index in [9.17, 15) is 14.4 Å². The van der Waals surface area contributed by atoms with E-state index in [1.807, 2.05) is 0 Å². The molecule has 1 aliphatic heterocycles. The SMILES string of the molecule is O=C(O)C(Br)Oc1ccc(N2C(=O)C3=C(CCCC3)C2=O)cc1. The minimum Gasteiger partial charge on any atom is -0.478 e. The van der Waals surface area contributed by atoms with Crippen molar-refractivity contribution in [3.63, 3.8) is 0 Å². The predicted molar refractivity (Wildman–Crippen MR) is 85.4 cm³/mol. The van der Waals surface area contributed by atoms with Gasteiger partial charge in [0.25, 0.3) is 11.8 Å². The van der Waals surface area contributed by atoms with Gasteiger partial charge in [0.05, 0.1) is 5.69 Å². The van der Waals surface area contributed by atoms with Crippen molar-refractivity contribution in [1.82, 2.24) is 0 Å². The van der Waals surface area contributed by atoms with Crippen molar-refractivity contribution in [3.8, 4) is 5.75 Å². The zero-order valence-corrected chi connectivity index (χ0v) is 13.7. The van der Waals surface area contributed by atoms with E-state index in [0.29, 0.717) is 35.4 Å². The third kappa shape index (κ3) is 2.88. The molecule has 0 aromatic heterocycles. The zero-order valence-electron chi connectivity index (χ0n) is 12.1. The van der Waals surface area contributed by atoms with E-state index in [2.05, 4.69) is 15.9 Å². The van der Waals surface area contributed by atoms with Crippen LogP contribution in [-0.2, 0) is 14.4 Å². The average molecular weight is 380 g/mol. The van der Waals surface area contributed by atoms with Gasteiger partial charge in [-0.25, -0.2) is 9.69 Å². The van der Waals surface area contributed by atoms with Gasteiger partial charge in [0.1, 0.15) is 5.75 Å². The van der Waals surface area contributed by atoms with Crippen molar-refractivity contribution >= 4 is 39.4 Å². The maximum absolute atomic E-state index is 12.4. The van der Waals surface area contributed by atoms with Crippen LogP contribution in [0.5, 0.6) is 5.75 Å². The van der Waals surface area contributed by atoms with Crippen LogP contribution in [0, 0.1) is 0 Å². The summed E-state index contributed by atoms with van der Waals surface area (Å²) in [5, 5.41) is 7.63. The standard InChI is InChI=1S/C16H14BrNO5/c17-13(16(21)22)23-10-7-5-9(6-8-10)18-14(19)11-3-1-2-4-12(11)15(18)20/h5-8,13H,1-4H2,(H,21,22). The zero-order chi connectivity index (χ0) is 16.6. The van der Waals surface area contributed by atoms with Gasteiger partial charge in [-0.1, -0.05) is 0 Å². The fourth-order valence-electron chi connectivity index (χ4n) is 2.82. The summed E-state index contributed by atoms with van der Waals surface area (Å²) in [6.45, 7) is 0. The lowest BCUT2D eigenvalue weighted by Crippen LogP contribution is -2.31.